The molecule has 8 heteroatoms. The van der Waals surface area contributed by atoms with Crippen molar-refractivity contribution in [3.63, 3.8) is 0 Å². The summed E-state index contributed by atoms with van der Waals surface area (Å²) in [5, 5.41) is 13.2. The number of aryl methyl sites for hydroxylation is 1. The van der Waals surface area contributed by atoms with Crippen LogP contribution in [0.1, 0.15) is 28.8 Å². The quantitative estimate of drug-likeness (QED) is 0.835. The lowest BCUT2D eigenvalue weighted by Gasteiger charge is -2.19. The predicted octanol–water partition coefficient (Wildman–Crippen LogP) is 1.23. The highest BCUT2D eigenvalue weighted by Crippen LogP contribution is 2.26. The van der Waals surface area contributed by atoms with Gasteiger partial charge in [0, 0.05) is 38.2 Å². The molecule has 128 valence electrons. The molecular formula is C17H17N5O3. The average molecular weight is 339 g/mol. The number of carbonyl (C=O) groups excluding carboxylic acids is 1. The van der Waals surface area contributed by atoms with Crippen molar-refractivity contribution in [3.8, 4) is 17.8 Å². The van der Waals surface area contributed by atoms with E-state index in [0.717, 1.165) is 13.0 Å². The van der Waals surface area contributed by atoms with Crippen molar-refractivity contribution in [2.75, 3.05) is 19.7 Å². The number of likely N-dealkylation sites (tertiary alicyclic amines) is 1. The molecule has 25 heavy (non-hydrogen) atoms. The van der Waals surface area contributed by atoms with Crippen molar-refractivity contribution in [2.24, 2.45) is 0 Å². The van der Waals surface area contributed by atoms with Gasteiger partial charge in [0.2, 0.25) is 11.8 Å². The van der Waals surface area contributed by atoms with Gasteiger partial charge in [0.1, 0.15) is 11.7 Å². The highest BCUT2D eigenvalue weighted by atomic mass is 16.5. The van der Waals surface area contributed by atoms with Gasteiger partial charge in [-0.3, -0.25) is 4.79 Å². The van der Waals surface area contributed by atoms with Gasteiger partial charge in [-0.25, -0.2) is 9.67 Å². The lowest BCUT2D eigenvalue weighted by atomic mass is 10.3. The lowest BCUT2D eigenvalue weighted by Crippen LogP contribution is -2.31. The first-order valence-corrected chi connectivity index (χ1v) is 8.25. The number of amides is 1. The molecule has 1 amide bonds. The van der Waals surface area contributed by atoms with E-state index in [9.17, 15) is 4.79 Å². The Bertz CT molecular complexity index is 841. The molecule has 0 aliphatic carbocycles. The minimum absolute atomic E-state index is 0.0898. The molecule has 1 unspecified atom stereocenters. The van der Waals surface area contributed by atoms with Gasteiger partial charge in [-0.05, 0) is 6.07 Å². The molecule has 1 atom stereocenters. The molecule has 2 aliphatic rings. The maximum Gasteiger partial charge on any atom is 0.261 e. The second-order valence-electron chi connectivity index (χ2n) is 6.06. The van der Waals surface area contributed by atoms with Crippen LogP contribution in [0.25, 0.3) is 0 Å². The fraction of sp³-hybridized carbons (Fsp3) is 0.412. The van der Waals surface area contributed by atoms with Crippen molar-refractivity contribution < 1.29 is 14.3 Å². The van der Waals surface area contributed by atoms with Crippen LogP contribution in [-0.2, 0) is 6.54 Å². The third-order valence-electron chi connectivity index (χ3n) is 4.36. The number of ether oxygens (including phenoxy) is 2. The van der Waals surface area contributed by atoms with E-state index in [1.165, 1.54) is 0 Å². The number of pyridine rings is 1. The molecule has 0 N–H and O–H groups in total. The first-order valence-electron chi connectivity index (χ1n) is 8.25. The number of hydrogen-bond acceptors (Lipinski definition) is 6. The smallest absolute Gasteiger partial charge is 0.261 e. The van der Waals surface area contributed by atoms with Crippen LogP contribution in [0.3, 0.4) is 0 Å². The molecule has 4 heterocycles. The normalized spacial score (nSPS) is 19.0. The second-order valence-corrected chi connectivity index (χ2v) is 6.06. The van der Waals surface area contributed by atoms with Gasteiger partial charge in [0.15, 0.2) is 0 Å². The molecular weight excluding hydrogens is 322 g/mol. The Balaban J connectivity index is 1.43. The lowest BCUT2D eigenvalue weighted by molar-refractivity contribution is 0.0764. The summed E-state index contributed by atoms with van der Waals surface area (Å²) in [6, 6.07) is 5.29. The zero-order valence-electron chi connectivity index (χ0n) is 13.6. The van der Waals surface area contributed by atoms with Crippen molar-refractivity contribution >= 4 is 5.91 Å². The Labute approximate surface area is 144 Å². The van der Waals surface area contributed by atoms with Crippen LogP contribution in [0.15, 0.2) is 24.5 Å². The van der Waals surface area contributed by atoms with Gasteiger partial charge in [0.05, 0.1) is 31.0 Å². The molecule has 0 saturated carbocycles. The van der Waals surface area contributed by atoms with Crippen LogP contribution < -0.4 is 9.47 Å². The van der Waals surface area contributed by atoms with E-state index in [4.69, 9.17) is 14.7 Å². The first kappa shape index (κ1) is 15.4. The molecule has 1 fully saturated rings. The standard InChI is InChI=1S/C17H17N5O3/c18-9-12-2-4-19-15(8-12)25-13-3-6-21(11-13)16(23)14-10-20-22-5-1-7-24-17(14)22/h2,4,8,10,13H,1,3,5-7,11H2. The van der Waals surface area contributed by atoms with Gasteiger partial charge in [0.25, 0.3) is 5.91 Å². The van der Waals surface area contributed by atoms with Crippen LogP contribution in [0.4, 0.5) is 0 Å². The van der Waals surface area contributed by atoms with E-state index in [1.54, 1.807) is 34.1 Å². The fourth-order valence-electron chi connectivity index (χ4n) is 3.11. The van der Waals surface area contributed by atoms with E-state index >= 15 is 0 Å². The number of carbonyl (C=O) groups is 1. The number of hydrogen-bond donors (Lipinski definition) is 0. The van der Waals surface area contributed by atoms with Crippen molar-refractivity contribution in [2.45, 2.75) is 25.5 Å². The summed E-state index contributed by atoms with van der Waals surface area (Å²) in [6.45, 7) is 2.46. The molecule has 1 saturated heterocycles. The topological polar surface area (TPSA) is 93.3 Å². The Kier molecular flexibility index (Phi) is 3.98. The number of fused-ring (bicyclic) bond motifs is 1. The van der Waals surface area contributed by atoms with Crippen molar-refractivity contribution in [1.82, 2.24) is 19.7 Å². The Hall–Kier alpha value is -3.08. The first-order chi connectivity index (χ1) is 12.2. The van der Waals surface area contributed by atoms with Gasteiger partial charge in [-0.1, -0.05) is 0 Å². The minimum atomic E-state index is -0.141. The van der Waals surface area contributed by atoms with E-state index in [-0.39, 0.29) is 12.0 Å². The highest BCUT2D eigenvalue weighted by Gasteiger charge is 2.32. The molecule has 8 nitrogen and oxygen atoms in total. The summed E-state index contributed by atoms with van der Waals surface area (Å²) in [5.41, 5.74) is 1.00. The molecule has 2 aliphatic heterocycles. The summed E-state index contributed by atoms with van der Waals surface area (Å²) in [4.78, 5) is 18.6. The summed E-state index contributed by atoms with van der Waals surface area (Å²) >= 11 is 0. The van der Waals surface area contributed by atoms with E-state index in [0.29, 0.717) is 49.0 Å². The number of aromatic nitrogens is 3. The Morgan fingerprint density at radius 1 is 1.44 bits per heavy atom. The van der Waals surface area contributed by atoms with E-state index in [1.807, 2.05) is 0 Å². The maximum absolute atomic E-state index is 12.8. The van der Waals surface area contributed by atoms with E-state index < -0.39 is 0 Å². The Morgan fingerprint density at radius 3 is 3.24 bits per heavy atom. The van der Waals surface area contributed by atoms with Gasteiger partial charge in [-0.2, -0.15) is 10.4 Å². The molecule has 0 radical (unpaired) electrons. The molecule has 0 bridgehead atoms. The van der Waals surface area contributed by atoms with Crippen molar-refractivity contribution in [3.05, 3.63) is 35.7 Å². The molecule has 0 aromatic carbocycles. The number of nitriles is 1. The molecule has 4 rings (SSSR count). The third-order valence-corrected chi connectivity index (χ3v) is 4.36. The predicted molar refractivity (Wildman–Crippen MR) is 86.2 cm³/mol. The summed E-state index contributed by atoms with van der Waals surface area (Å²) in [5.74, 6) is 0.876. The summed E-state index contributed by atoms with van der Waals surface area (Å²) in [6.07, 6.45) is 4.60. The van der Waals surface area contributed by atoms with Crippen LogP contribution in [-0.4, -0.2) is 51.4 Å². The van der Waals surface area contributed by atoms with Crippen LogP contribution in [0.2, 0.25) is 0 Å². The fourth-order valence-corrected chi connectivity index (χ4v) is 3.11. The Morgan fingerprint density at radius 2 is 2.36 bits per heavy atom. The minimum Gasteiger partial charge on any atom is -0.477 e. The monoisotopic (exact) mass is 339 g/mol. The van der Waals surface area contributed by atoms with Gasteiger partial charge >= 0.3 is 0 Å². The highest BCUT2D eigenvalue weighted by molar-refractivity contribution is 5.96. The largest absolute Gasteiger partial charge is 0.477 e. The molecule has 2 aromatic heterocycles. The van der Waals surface area contributed by atoms with Crippen LogP contribution >= 0.6 is 0 Å². The second kappa shape index (κ2) is 6.43. The van der Waals surface area contributed by atoms with Crippen LogP contribution in [0.5, 0.6) is 11.8 Å². The van der Waals surface area contributed by atoms with Crippen LogP contribution in [0, 0.1) is 11.3 Å². The molecule has 2 aromatic rings. The third kappa shape index (κ3) is 3.01. The number of nitrogens with zero attached hydrogens (tertiary/aromatic N) is 5. The number of rotatable bonds is 3. The van der Waals surface area contributed by atoms with Crippen molar-refractivity contribution in [1.29, 1.82) is 5.26 Å². The zero-order valence-corrected chi connectivity index (χ0v) is 13.6. The summed E-state index contributed by atoms with van der Waals surface area (Å²) < 4.78 is 13.2. The zero-order chi connectivity index (χ0) is 17.2. The maximum atomic E-state index is 12.8. The SMILES string of the molecule is N#Cc1ccnc(OC2CCN(C(=O)c3cnn4c3OCCC4)C2)c1. The van der Waals surface area contributed by atoms with E-state index in [2.05, 4.69) is 16.2 Å². The molecule has 0 spiro atoms. The summed E-state index contributed by atoms with van der Waals surface area (Å²) in [7, 11) is 0. The average Bonchev–Trinajstić information content (AvgIpc) is 3.28. The van der Waals surface area contributed by atoms with Gasteiger partial charge in [-0.15, -0.1) is 0 Å². The van der Waals surface area contributed by atoms with Gasteiger partial charge < -0.3 is 14.4 Å².